The van der Waals surface area contributed by atoms with Gasteiger partial charge < -0.3 is 20.2 Å². The quantitative estimate of drug-likeness (QED) is 0.504. The van der Waals surface area contributed by atoms with Crippen molar-refractivity contribution in [3.8, 4) is 0 Å². The van der Waals surface area contributed by atoms with E-state index in [9.17, 15) is 29.7 Å². The van der Waals surface area contributed by atoms with E-state index in [2.05, 4.69) is 25.7 Å². The van der Waals surface area contributed by atoms with Crippen LogP contribution in [0.15, 0.2) is 0 Å². The van der Waals surface area contributed by atoms with Crippen molar-refractivity contribution in [1.82, 2.24) is 19.6 Å². The Hall–Kier alpha value is -1.75. The van der Waals surface area contributed by atoms with Gasteiger partial charge in [-0.15, -0.1) is 0 Å². The Morgan fingerprint density at radius 2 is 0.871 bits per heavy atom. The van der Waals surface area contributed by atoms with E-state index in [4.69, 9.17) is 0 Å². The van der Waals surface area contributed by atoms with Gasteiger partial charge >= 0.3 is 17.9 Å². The Morgan fingerprint density at radius 1 is 0.581 bits per heavy atom. The first-order chi connectivity index (χ1) is 14.4. The van der Waals surface area contributed by atoms with E-state index in [1.807, 2.05) is 9.80 Å². The predicted molar refractivity (Wildman–Crippen MR) is 117 cm³/mol. The lowest BCUT2D eigenvalue weighted by Gasteiger charge is -2.33. The number of hydrogen-bond acceptors (Lipinski definition) is 7. The molecule has 180 valence electrons. The molecule has 1 rings (SSSR count). The van der Waals surface area contributed by atoms with Crippen LogP contribution >= 0.6 is 0 Å². The van der Waals surface area contributed by atoms with E-state index in [1.165, 1.54) is 0 Å². The number of rotatable bonds is 7. The van der Waals surface area contributed by atoms with Crippen LogP contribution in [0.5, 0.6) is 0 Å². The normalized spacial score (nSPS) is 20.2. The smallest absolute Gasteiger partial charge is 0.317 e. The molecule has 0 bridgehead atoms. The lowest BCUT2D eigenvalue weighted by atomic mass is 9.96. The molecule has 0 spiro atoms. The van der Waals surface area contributed by atoms with E-state index in [-0.39, 0.29) is 25.0 Å². The molecule has 1 aliphatic rings. The minimum atomic E-state index is -0.925. The third kappa shape index (κ3) is 14.0. The van der Waals surface area contributed by atoms with Gasteiger partial charge in [0.25, 0.3) is 0 Å². The van der Waals surface area contributed by atoms with Crippen molar-refractivity contribution in [2.24, 2.45) is 5.41 Å². The summed E-state index contributed by atoms with van der Waals surface area (Å²) >= 11 is 0. The van der Waals surface area contributed by atoms with Gasteiger partial charge in [-0.1, -0.05) is 20.8 Å². The predicted octanol–water partition coefficient (Wildman–Crippen LogP) is 0.288. The number of nitrogens with zero attached hydrogens (tertiary/aromatic N) is 4. The lowest BCUT2D eigenvalue weighted by molar-refractivity contribution is -0.140. The van der Waals surface area contributed by atoms with Crippen molar-refractivity contribution >= 4 is 17.9 Å². The molecular weight excluding hydrogens is 404 g/mol. The number of aliphatic carboxylic acids is 3. The van der Waals surface area contributed by atoms with Gasteiger partial charge in [0.2, 0.25) is 0 Å². The van der Waals surface area contributed by atoms with Crippen LogP contribution in [-0.4, -0.2) is 131 Å². The van der Waals surface area contributed by atoms with Gasteiger partial charge in [0, 0.05) is 52.4 Å². The number of hydrogen-bond donors (Lipinski definition) is 3. The van der Waals surface area contributed by atoms with Crippen molar-refractivity contribution in [2.75, 3.05) is 78.5 Å². The molecule has 0 aromatic rings. The average molecular weight is 445 g/mol. The summed E-state index contributed by atoms with van der Waals surface area (Å²) in [6, 6.07) is 0. The first-order valence-corrected chi connectivity index (χ1v) is 11.0. The Morgan fingerprint density at radius 3 is 1.16 bits per heavy atom. The van der Waals surface area contributed by atoms with E-state index < -0.39 is 17.9 Å². The van der Waals surface area contributed by atoms with Crippen LogP contribution in [0.2, 0.25) is 0 Å². The zero-order chi connectivity index (χ0) is 23.4. The molecule has 1 aliphatic heterocycles. The fraction of sp³-hybridized carbons (Fsp3) is 0.857. The molecule has 0 aromatic heterocycles. The van der Waals surface area contributed by atoms with Crippen LogP contribution in [0, 0.1) is 5.41 Å². The Balaban J connectivity index is 2.91. The Labute approximate surface area is 185 Å². The lowest BCUT2D eigenvalue weighted by Crippen LogP contribution is -2.45. The average Bonchev–Trinajstić information content (AvgIpc) is 2.60. The number of carboxylic acid groups (broad SMARTS) is 3. The van der Waals surface area contributed by atoms with Gasteiger partial charge in [0.15, 0.2) is 0 Å². The SMILES string of the molecule is CC(C)(C)CN1CCCN(CC(=O)O)CCN(CC(=O)O)CCCN(CC(=O)O)CC1. The molecule has 1 fully saturated rings. The molecule has 10 nitrogen and oxygen atoms in total. The monoisotopic (exact) mass is 444 g/mol. The van der Waals surface area contributed by atoms with Gasteiger partial charge in [-0.3, -0.25) is 29.1 Å². The van der Waals surface area contributed by atoms with Crippen LogP contribution in [-0.2, 0) is 14.4 Å². The van der Waals surface area contributed by atoms with Crippen molar-refractivity contribution in [1.29, 1.82) is 0 Å². The third-order valence-electron chi connectivity index (χ3n) is 5.14. The van der Waals surface area contributed by atoms with Crippen molar-refractivity contribution in [2.45, 2.75) is 33.6 Å². The Bertz CT molecular complexity index is 581. The van der Waals surface area contributed by atoms with Gasteiger partial charge in [0.05, 0.1) is 19.6 Å². The number of carboxylic acids is 3. The molecule has 0 unspecified atom stereocenters. The summed E-state index contributed by atoms with van der Waals surface area (Å²) in [5.41, 5.74) is 0.0984. The first-order valence-electron chi connectivity index (χ1n) is 11.0. The highest BCUT2D eigenvalue weighted by Crippen LogP contribution is 2.15. The second-order valence-corrected chi connectivity index (χ2v) is 9.55. The van der Waals surface area contributed by atoms with Crippen molar-refractivity contribution in [3.63, 3.8) is 0 Å². The third-order valence-corrected chi connectivity index (χ3v) is 5.14. The molecule has 1 saturated heterocycles. The first kappa shape index (κ1) is 27.3. The molecule has 0 radical (unpaired) electrons. The Kier molecular flexibility index (Phi) is 12.0. The molecule has 1 heterocycles. The molecule has 0 aliphatic carbocycles. The highest BCUT2D eigenvalue weighted by atomic mass is 16.4. The van der Waals surface area contributed by atoms with Crippen LogP contribution in [0.3, 0.4) is 0 Å². The van der Waals surface area contributed by atoms with E-state index >= 15 is 0 Å². The molecule has 0 amide bonds. The fourth-order valence-electron chi connectivity index (χ4n) is 3.93. The largest absolute Gasteiger partial charge is 0.480 e. The summed E-state index contributed by atoms with van der Waals surface area (Å²) < 4.78 is 0. The molecule has 3 N–H and O–H groups in total. The highest BCUT2D eigenvalue weighted by molar-refractivity contribution is 5.69. The second kappa shape index (κ2) is 13.6. The maximum absolute atomic E-state index is 11.3. The zero-order valence-electron chi connectivity index (χ0n) is 19.3. The summed E-state index contributed by atoms with van der Waals surface area (Å²) in [5, 5.41) is 27.7. The zero-order valence-corrected chi connectivity index (χ0v) is 19.3. The topological polar surface area (TPSA) is 125 Å². The summed E-state index contributed by atoms with van der Waals surface area (Å²) in [6.45, 7) is 12.0. The van der Waals surface area contributed by atoms with Gasteiger partial charge in [0.1, 0.15) is 0 Å². The van der Waals surface area contributed by atoms with Crippen LogP contribution in [0.4, 0.5) is 0 Å². The summed E-state index contributed by atoms with van der Waals surface area (Å²) in [6.07, 6.45) is 1.44. The summed E-state index contributed by atoms with van der Waals surface area (Å²) in [5.74, 6) is -2.68. The van der Waals surface area contributed by atoms with E-state index in [0.717, 1.165) is 26.1 Å². The maximum atomic E-state index is 11.3. The minimum Gasteiger partial charge on any atom is -0.480 e. The van der Waals surface area contributed by atoms with Gasteiger partial charge in [-0.25, -0.2) is 0 Å². The molecule has 31 heavy (non-hydrogen) atoms. The molecule has 10 heteroatoms. The van der Waals surface area contributed by atoms with Crippen LogP contribution < -0.4 is 0 Å². The van der Waals surface area contributed by atoms with Gasteiger partial charge in [-0.05, 0) is 24.8 Å². The van der Waals surface area contributed by atoms with Gasteiger partial charge in [-0.2, -0.15) is 0 Å². The molecule has 0 atom stereocenters. The summed E-state index contributed by atoms with van der Waals surface area (Å²) in [4.78, 5) is 41.7. The van der Waals surface area contributed by atoms with Crippen molar-refractivity contribution in [3.05, 3.63) is 0 Å². The van der Waals surface area contributed by atoms with Crippen molar-refractivity contribution < 1.29 is 29.7 Å². The van der Waals surface area contributed by atoms with Crippen LogP contribution in [0.1, 0.15) is 33.6 Å². The highest BCUT2D eigenvalue weighted by Gasteiger charge is 2.20. The van der Waals surface area contributed by atoms with Crippen LogP contribution in [0.25, 0.3) is 0 Å². The molecule has 0 saturated carbocycles. The van der Waals surface area contributed by atoms with E-state index in [1.54, 1.807) is 4.90 Å². The minimum absolute atomic E-state index is 0.0331. The maximum Gasteiger partial charge on any atom is 0.317 e. The molecular formula is C21H40N4O6. The number of carbonyl (C=O) groups is 3. The van der Waals surface area contributed by atoms with E-state index in [0.29, 0.717) is 45.7 Å². The second-order valence-electron chi connectivity index (χ2n) is 9.55. The standard InChI is InChI=1S/C21H40N4O6/c1-21(2,3)17-25-9-5-8-23(15-19(28)29)11-10-22(14-18(26)27)6-4-7-24(12-13-25)16-20(30)31/h4-17H2,1-3H3,(H,26,27)(H,28,29)(H,30,31). The fourth-order valence-corrected chi connectivity index (χ4v) is 3.93. The molecule has 0 aromatic carbocycles. The summed E-state index contributed by atoms with van der Waals surface area (Å²) in [7, 11) is 0.